The molecule has 4 rings (SSSR count). The summed E-state index contributed by atoms with van der Waals surface area (Å²) in [5.74, 6) is 0.194. The van der Waals surface area contributed by atoms with Crippen LogP contribution in [-0.2, 0) is 13.0 Å². The Labute approximate surface area is 178 Å². The molecule has 1 amide bonds. The van der Waals surface area contributed by atoms with E-state index in [1.165, 1.54) is 17.4 Å². The van der Waals surface area contributed by atoms with Gasteiger partial charge in [-0.25, -0.2) is 9.37 Å². The van der Waals surface area contributed by atoms with Gasteiger partial charge in [0.2, 0.25) is 0 Å². The minimum absolute atomic E-state index is 0.244. The van der Waals surface area contributed by atoms with Gasteiger partial charge in [-0.1, -0.05) is 48.5 Å². The van der Waals surface area contributed by atoms with Crippen molar-refractivity contribution in [2.75, 3.05) is 5.32 Å². The van der Waals surface area contributed by atoms with Crippen molar-refractivity contribution < 1.29 is 13.9 Å². The Morgan fingerprint density at radius 3 is 2.47 bits per heavy atom. The van der Waals surface area contributed by atoms with Crippen LogP contribution in [0.3, 0.4) is 0 Å². The summed E-state index contributed by atoms with van der Waals surface area (Å²) in [7, 11) is 0. The van der Waals surface area contributed by atoms with Gasteiger partial charge in [-0.2, -0.15) is 0 Å². The number of nitrogens with zero attached hydrogens (tertiary/aromatic N) is 1. The first-order chi connectivity index (χ1) is 14.7. The topological polar surface area (TPSA) is 51.2 Å². The number of nitrogens with one attached hydrogen (secondary N) is 1. The SMILES string of the molecule is O=C(Nc1ncc(Cc2ccccc2F)s1)c1ccc(OCc2ccccc2)cc1. The molecule has 0 aliphatic heterocycles. The van der Waals surface area contributed by atoms with Crippen molar-refractivity contribution in [3.05, 3.63) is 112 Å². The van der Waals surface area contributed by atoms with E-state index in [1.54, 1.807) is 48.7 Å². The maximum Gasteiger partial charge on any atom is 0.257 e. The number of rotatable bonds is 7. The van der Waals surface area contributed by atoms with E-state index in [0.717, 1.165) is 10.4 Å². The van der Waals surface area contributed by atoms with Crippen LogP contribution in [0.15, 0.2) is 85.1 Å². The first kappa shape index (κ1) is 19.8. The van der Waals surface area contributed by atoms with Gasteiger partial charge >= 0.3 is 0 Å². The summed E-state index contributed by atoms with van der Waals surface area (Å²) in [5, 5.41) is 3.27. The van der Waals surface area contributed by atoms with Crippen molar-refractivity contribution in [2.45, 2.75) is 13.0 Å². The molecule has 0 spiro atoms. The maximum atomic E-state index is 13.8. The van der Waals surface area contributed by atoms with E-state index in [9.17, 15) is 9.18 Å². The Morgan fingerprint density at radius 2 is 1.70 bits per heavy atom. The molecule has 3 aromatic carbocycles. The van der Waals surface area contributed by atoms with Crippen LogP contribution in [0, 0.1) is 5.82 Å². The Hall–Kier alpha value is -3.51. The van der Waals surface area contributed by atoms with Crippen LogP contribution >= 0.6 is 11.3 Å². The van der Waals surface area contributed by atoms with E-state index in [4.69, 9.17) is 4.74 Å². The molecule has 0 aliphatic carbocycles. The Bertz CT molecular complexity index is 1130. The van der Waals surface area contributed by atoms with Gasteiger partial charge in [0.1, 0.15) is 18.2 Å². The van der Waals surface area contributed by atoms with Crippen molar-refractivity contribution in [1.29, 1.82) is 0 Å². The smallest absolute Gasteiger partial charge is 0.257 e. The van der Waals surface area contributed by atoms with Crippen LogP contribution in [0.25, 0.3) is 0 Å². The van der Waals surface area contributed by atoms with E-state index in [0.29, 0.717) is 35.0 Å². The first-order valence-electron chi connectivity index (χ1n) is 9.43. The molecule has 0 fully saturated rings. The van der Waals surface area contributed by atoms with E-state index >= 15 is 0 Å². The molecule has 1 heterocycles. The average molecular weight is 418 g/mol. The molecular weight excluding hydrogens is 399 g/mol. The predicted octanol–water partition coefficient (Wildman–Crippen LogP) is 5.70. The van der Waals surface area contributed by atoms with Crippen LogP contribution in [0.5, 0.6) is 5.75 Å². The van der Waals surface area contributed by atoms with Gasteiger partial charge in [0.25, 0.3) is 5.91 Å². The summed E-state index contributed by atoms with van der Waals surface area (Å²) < 4.78 is 19.5. The van der Waals surface area contributed by atoms with E-state index in [1.807, 2.05) is 30.3 Å². The van der Waals surface area contributed by atoms with Crippen LogP contribution in [0.2, 0.25) is 0 Å². The third kappa shape index (κ3) is 5.10. The molecule has 1 N–H and O–H groups in total. The zero-order valence-electron chi connectivity index (χ0n) is 16.0. The summed E-state index contributed by atoms with van der Waals surface area (Å²) in [4.78, 5) is 17.6. The van der Waals surface area contributed by atoms with Gasteiger partial charge in [-0.15, -0.1) is 11.3 Å². The highest BCUT2D eigenvalue weighted by atomic mass is 32.1. The highest BCUT2D eigenvalue weighted by Crippen LogP contribution is 2.23. The molecule has 0 aliphatic rings. The second-order valence-corrected chi connectivity index (χ2v) is 7.77. The fourth-order valence-electron chi connectivity index (χ4n) is 2.89. The number of halogens is 1. The lowest BCUT2D eigenvalue weighted by atomic mass is 10.1. The first-order valence-corrected chi connectivity index (χ1v) is 10.3. The molecule has 0 bridgehead atoms. The van der Waals surface area contributed by atoms with Gasteiger partial charge in [-0.05, 0) is 41.5 Å². The zero-order chi connectivity index (χ0) is 20.8. The number of amides is 1. The zero-order valence-corrected chi connectivity index (χ0v) is 16.9. The lowest BCUT2D eigenvalue weighted by Crippen LogP contribution is -2.11. The third-order valence-corrected chi connectivity index (χ3v) is 5.37. The molecule has 6 heteroatoms. The van der Waals surface area contributed by atoms with Crippen LogP contribution < -0.4 is 10.1 Å². The number of carbonyl (C=O) groups is 1. The van der Waals surface area contributed by atoms with Crippen molar-refractivity contribution in [2.24, 2.45) is 0 Å². The van der Waals surface area contributed by atoms with Crippen molar-refractivity contribution in [3.63, 3.8) is 0 Å². The fraction of sp³-hybridized carbons (Fsp3) is 0.0833. The van der Waals surface area contributed by atoms with Crippen molar-refractivity contribution >= 4 is 22.4 Å². The van der Waals surface area contributed by atoms with Gasteiger partial charge in [0.15, 0.2) is 5.13 Å². The summed E-state index contributed by atoms with van der Waals surface area (Å²) >= 11 is 1.33. The van der Waals surface area contributed by atoms with Gasteiger partial charge in [0.05, 0.1) is 0 Å². The Morgan fingerprint density at radius 1 is 0.967 bits per heavy atom. The summed E-state index contributed by atoms with van der Waals surface area (Å²) in [5.41, 5.74) is 2.19. The fourth-order valence-corrected chi connectivity index (χ4v) is 3.72. The molecular formula is C24H19FN2O2S. The monoisotopic (exact) mass is 418 g/mol. The van der Waals surface area contributed by atoms with E-state index < -0.39 is 0 Å². The maximum absolute atomic E-state index is 13.8. The number of hydrogen-bond donors (Lipinski definition) is 1. The standard InChI is InChI=1S/C24H19FN2O2S/c25-22-9-5-4-8-19(22)14-21-15-26-24(30-21)27-23(28)18-10-12-20(13-11-18)29-16-17-6-2-1-3-7-17/h1-13,15H,14,16H2,(H,26,27,28). The molecule has 4 aromatic rings. The van der Waals surface area contributed by atoms with Crippen LogP contribution in [0.4, 0.5) is 9.52 Å². The van der Waals surface area contributed by atoms with Crippen molar-refractivity contribution in [3.8, 4) is 5.75 Å². The molecule has 30 heavy (non-hydrogen) atoms. The molecule has 0 unspecified atom stereocenters. The van der Waals surface area contributed by atoms with Crippen molar-refractivity contribution in [1.82, 2.24) is 4.98 Å². The molecule has 4 nitrogen and oxygen atoms in total. The molecule has 0 radical (unpaired) electrons. The number of benzene rings is 3. The highest BCUT2D eigenvalue weighted by molar-refractivity contribution is 7.15. The van der Waals surface area contributed by atoms with Gasteiger partial charge in [-0.3, -0.25) is 10.1 Å². The van der Waals surface area contributed by atoms with Crippen LogP contribution in [0.1, 0.15) is 26.4 Å². The van der Waals surface area contributed by atoms with E-state index in [2.05, 4.69) is 10.3 Å². The van der Waals surface area contributed by atoms with E-state index in [-0.39, 0.29) is 11.7 Å². The lowest BCUT2D eigenvalue weighted by molar-refractivity contribution is 0.102. The van der Waals surface area contributed by atoms with Crippen LogP contribution in [-0.4, -0.2) is 10.9 Å². The minimum atomic E-state index is -0.253. The number of hydrogen-bond acceptors (Lipinski definition) is 4. The largest absolute Gasteiger partial charge is 0.489 e. The summed E-state index contributed by atoms with van der Waals surface area (Å²) in [6.45, 7) is 0.469. The lowest BCUT2D eigenvalue weighted by Gasteiger charge is -2.07. The molecule has 0 atom stereocenters. The third-order valence-electron chi connectivity index (χ3n) is 4.46. The molecule has 0 saturated carbocycles. The average Bonchev–Trinajstić information content (AvgIpc) is 3.22. The molecule has 1 aromatic heterocycles. The highest BCUT2D eigenvalue weighted by Gasteiger charge is 2.11. The quantitative estimate of drug-likeness (QED) is 0.419. The predicted molar refractivity (Wildman–Crippen MR) is 116 cm³/mol. The number of anilines is 1. The second-order valence-electron chi connectivity index (χ2n) is 6.65. The molecule has 0 saturated heterocycles. The second kappa shape index (κ2) is 9.33. The number of aromatic nitrogens is 1. The molecule has 150 valence electrons. The number of ether oxygens (including phenoxy) is 1. The van der Waals surface area contributed by atoms with Gasteiger partial charge in [0, 0.05) is 23.1 Å². The number of carbonyl (C=O) groups excluding carboxylic acids is 1. The number of thiazole rings is 1. The Kier molecular flexibility index (Phi) is 6.15. The minimum Gasteiger partial charge on any atom is -0.489 e. The Balaban J connectivity index is 1.34. The summed E-state index contributed by atoms with van der Waals surface area (Å²) in [6.07, 6.45) is 2.10. The van der Waals surface area contributed by atoms with Gasteiger partial charge < -0.3 is 4.74 Å². The summed E-state index contributed by atoms with van der Waals surface area (Å²) in [6, 6.07) is 23.5. The normalized spacial score (nSPS) is 10.6.